The highest BCUT2D eigenvalue weighted by Crippen LogP contribution is 2.27. The summed E-state index contributed by atoms with van der Waals surface area (Å²) in [5.74, 6) is 1.14. The largest absolute Gasteiger partial charge is 0.435 e. The van der Waals surface area contributed by atoms with Gasteiger partial charge in [0.05, 0.1) is 6.33 Å². The second-order valence-electron chi connectivity index (χ2n) is 4.93. The van der Waals surface area contributed by atoms with E-state index in [0.717, 1.165) is 12.1 Å². The number of hydrogen-bond acceptors (Lipinski definition) is 3. The molecule has 6 heteroatoms. The van der Waals surface area contributed by atoms with Gasteiger partial charge in [0.15, 0.2) is 0 Å². The Labute approximate surface area is 116 Å². The van der Waals surface area contributed by atoms with Gasteiger partial charge in [-0.15, -0.1) is 0 Å². The molecule has 0 bridgehead atoms. The van der Waals surface area contributed by atoms with Crippen molar-refractivity contribution in [2.24, 2.45) is 5.92 Å². The Hall–Kier alpha value is -2.11. The molecule has 0 aliphatic carbocycles. The van der Waals surface area contributed by atoms with Gasteiger partial charge in [0.1, 0.15) is 17.3 Å². The average molecular weight is 281 g/mol. The van der Waals surface area contributed by atoms with Gasteiger partial charge in [0.2, 0.25) is 0 Å². The fourth-order valence-corrected chi connectivity index (χ4v) is 1.95. The van der Waals surface area contributed by atoms with Crippen LogP contribution in [0.15, 0.2) is 30.6 Å². The van der Waals surface area contributed by atoms with Crippen LogP contribution in [0.3, 0.4) is 0 Å². The topological polar surface area (TPSA) is 53.1 Å². The molecule has 1 aromatic heterocycles. The van der Waals surface area contributed by atoms with Crippen LogP contribution >= 0.6 is 0 Å². The number of imidazole rings is 1. The fourth-order valence-electron chi connectivity index (χ4n) is 1.95. The number of benzene rings is 1. The van der Waals surface area contributed by atoms with E-state index in [1.807, 2.05) is 4.57 Å². The van der Waals surface area contributed by atoms with Crippen LogP contribution in [0.5, 0.6) is 5.75 Å². The predicted molar refractivity (Wildman–Crippen MR) is 73.5 cm³/mol. The van der Waals surface area contributed by atoms with E-state index in [0.29, 0.717) is 17.4 Å². The quantitative estimate of drug-likeness (QED) is 0.914. The van der Waals surface area contributed by atoms with Gasteiger partial charge in [0, 0.05) is 12.1 Å². The standard InChI is InChI=1S/C14H17F2N3O/c1-9(2)7-19-8-18-12(13(19)17)10-3-5-11(6-4-10)20-14(15)16/h3-6,8-9,14H,7,17H2,1-2H3. The molecular weight excluding hydrogens is 264 g/mol. The molecule has 1 aromatic carbocycles. The third-order valence-electron chi connectivity index (χ3n) is 2.79. The maximum Gasteiger partial charge on any atom is 0.387 e. The molecule has 0 radical (unpaired) electrons. The number of nitrogens with zero attached hydrogens (tertiary/aromatic N) is 2. The van der Waals surface area contributed by atoms with Crippen molar-refractivity contribution >= 4 is 5.82 Å². The van der Waals surface area contributed by atoms with Crippen molar-refractivity contribution in [3.05, 3.63) is 30.6 Å². The van der Waals surface area contributed by atoms with Gasteiger partial charge < -0.3 is 15.0 Å². The summed E-state index contributed by atoms with van der Waals surface area (Å²) >= 11 is 0. The maximum absolute atomic E-state index is 12.1. The molecule has 0 amide bonds. The SMILES string of the molecule is CC(C)Cn1cnc(-c2ccc(OC(F)F)cc2)c1N. The van der Waals surface area contributed by atoms with E-state index in [1.54, 1.807) is 18.5 Å². The highest BCUT2D eigenvalue weighted by atomic mass is 19.3. The van der Waals surface area contributed by atoms with E-state index in [1.165, 1.54) is 12.1 Å². The lowest BCUT2D eigenvalue weighted by Gasteiger charge is -2.08. The van der Waals surface area contributed by atoms with E-state index in [-0.39, 0.29) is 5.75 Å². The summed E-state index contributed by atoms with van der Waals surface area (Å²) in [5.41, 5.74) is 7.47. The summed E-state index contributed by atoms with van der Waals surface area (Å²) in [4.78, 5) is 4.28. The Balaban J connectivity index is 2.21. The molecule has 2 N–H and O–H groups in total. The van der Waals surface area contributed by atoms with Gasteiger partial charge >= 0.3 is 6.61 Å². The first-order chi connectivity index (χ1) is 9.47. The third kappa shape index (κ3) is 3.26. The van der Waals surface area contributed by atoms with Gasteiger partial charge in [-0.25, -0.2) is 4.98 Å². The smallest absolute Gasteiger partial charge is 0.387 e. The summed E-state index contributed by atoms with van der Waals surface area (Å²) in [7, 11) is 0. The number of ether oxygens (including phenoxy) is 1. The monoisotopic (exact) mass is 281 g/mol. The molecule has 0 unspecified atom stereocenters. The van der Waals surface area contributed by atoms with Gasteiger partial charge in [-0.2, -0.15) is 8.78 Å². The van der Waals surface area contributed by atoms with Gasteiger partial charge in [0.25, 0.3) is 0 Å². The molecule has 2 aromatic rings. The molecule has 0 saturated heterocycles. The third-order valence-corrected chi connectivity index (χ3v) is 2.79. The summed E-state index contributed by atoms with van der Waals surface area (Å²) in [6, 6.07) is 6.27. The fraction of sp³-hybridized carbons (Fsp3) is 0.357. The van der Waals surface area contributed by atoms with E-state index in [2.05, 4.69) is 23.6 Å². The van der Waals surface area contributed by atoms with E-state index in [4.69, 9.17) is 5.73 Å². The van der Waals surface area contributed by atoms with Crippen LogP contribution in [-0.2, 0) is 6.54 Å². The van der Waals surface area contributed by atoms with E-state index >= 15 is 0 Å². The van der Waals surface area contributed by atoms with Crippen molar-refractivity contribution in [3.63, 3.8) is 0 Å². The van der Waals surface area contributed by atoms with Crippen molar-refractivity contribution in [1.82, 2.24) is 9.55 Å². The number of halogens is 2. The first-order valence-corrected chi connectivity index (χ1v) is 6.33. The highest BCUT2D eigenvalue weighted by molar-refractivity contribution is 5.70. The summed E-state index contributed by atoms with van der Waals surface area (Å²) in [5, 5.41) is 0. The van der Waals surface area contributed by atoms with Crippen molar-refractivity contribution in [2.75, 3.05) is 5.73 Å². The molecule has 0 saturated carbocycles. The second-order valence-corrected chi connectivity index (χ2v) is 4.93. The molecule has 0 aliphatic heterocycles. The molecule has 108 valence electrons. The van der Waals surface area contributed by atoms with Crippen LogP contribution < -0.4 is 10.5 Å². The predicted octanol–water partition coefficient (Wildman–Crippen LogP) is 3.39. The lowest BCUT2D eigenvalue weighted by atomic mass is 10.1. The van der Waals surface area contributed by atoms with Crippen LogP contribution in [0.25, 0.3) is 11.3 Å². The summed E-state index contributed by atoms with van der Waals surface area (Å²) in [6.07, 6.45) is 1.69. The molecule has 0 fully saturated rings. The van der Waals surface area contributed by atoms with Gasteiger partial charge in [-0.3, -0.25) is 0 Å². The highest BCUT2D eigenvalue weighted by Gasteiger charge is 2.11. The van der Waals surface area contributed by atoms with Crippen molar-refractivity contribution in [2.45, 2.75) is 27.0 Å². The zero-order chi connectivity index (χ0) is 14.7. The molecule has 2 rings (SSSR count). The Kier molecular flexibility index (Phi) is 4.22. The molecular formula is C14H17F2N3O. The molecule has 0 atom stereocenters. The van der Waals surface area contributed by atoms with Crippen LogP contribution in [-0.4, -0.2) is 16.2 Å². The Morgan fingerprint density at radius 2 is 1.90 bits per heavy atom. The first kappa shape index (κ1) is 14.3. The van der Waals surface area contributed by atoms with Crippen molar-refractivity contribution in [1.29, 1.82) is 0 Å². The number of alkyl halides is 2. The zero-order valence-corrected chi connectivity index (χ0v) is 11.4. The number of nitrogen functional groups attached to an aromatic ring is 1. The van der Waals surface area contributed by atoms with Gasteiger partial charge in [-0.05, 0) is 30.2 Å². The summed E-state index contributed by atoms with van der Waals surface area (Å²) < 4.78 is 30.3. The number of aromatic nitrogens is 2. The number of anilines is 1. The van der Waals surface area contributed by atoms with Crippen LogP contribution in [0.2, 0.25) is 0 Å². The van der Waals surface area contributed by atoms with Crippen LogP contribution in [0, 0.1) is 5.92 Å². The Bertz CT molecular complexity index is 564. The minimum Gasteiger partial charge on any atom is -0.435 e. The normalized spacial score (nSPS) is 11.3. The van der Waals surface area contributed by atoms with Crippen LogP contribution in [0.4, 0.5) is 14.6 Å². The molecule has 1 heterocycles. The second kappa shape index (κ2) is 5.90. The molecule has 0 aliphatic rings. The minimum absolute atomic E-state index is 0.115. The van der Waals surface area contributed by atoms with Crippen LogP contribution in [0.1, 0.15) is 13.8 Å². The van der Waals surface area contributed by atoms with Gasteiger partial charge in [-0.1, -0.05) is 13.8 Å². The summed E-state index contributed by atoms with van der Waals surface area (Å²) in [6.45, 7) is 2.15. The van der Waals surface area contributed by atoms with Crippen molar-refractivity contribution < 1.29 is 13.5 Å². The van der Waals surface area contributed by atoms with E-state index in [9.17, 15) is 8.78 Å². The van der Waals surface area contributed by atoms with E-state index < -0.39 is 6.61 Å². The number of rotatable bonds is 5. The average Bonchev–Trinajstić information content (AvgIpc) is 2.71. The lowest BCUT2D eigenvalue weighted by Crippen LogP contribution is -2.06. The first-order valence-electron chi connectivity index (χ1n) is 6.33. The molecule has 0 spiro atoms. The minimum atomic E-state index is -2.82. The zero-order valence-electron chi connectivity index (χ0n) is 11.4. The lowest BCUT2D eigenvalue weighted by molar-refractivity contribution is -0.0498. The molecule has 20 heavy (non-hydrogen) atoms. The Morgan fingerprint density at radius 3 is 2.45 bits per heavy atom. The molecule has 4 nitrogen and oxygen atoms in total. The van der Waals surface area contributed by atoms with Crippen molar-refractivity contribution in [3.8, 4) is 17.0 Å². The maximum atomic E-state index is 12.1. The Morgan fingerprint density at radius 1 is 1.25 bits per heavy atom. The number of nitrogens with two attached hydrogens (primary N) is 1. The number of hydrogen-bond donors (Lipinski definition) is 1.